The van der Waals surface area contributed by atoms with Crippen molar-refractivity contribution < 1.29 is 23.4 Å². The first-order valence-electron chi connectivity index (χ1n) is 8.70. The highest BCUT2D eigenvalue weighted by Gasteiger charge is 2.10. The molecule has 6 nitrogen and oxygen atoms in total. The molecule has 0 aliphatic heterocycles. The lowest BCUT2D eigenvalue weighted by Crippen LogP contribution is -2.09. The van der Waals surface area contributed by atoms with Crippen molar-refractivity contribution in [3.8, 4) is 11.5 Å². The zero-order valence-electron chi connectivity index (χ0n) is 15.3. The minimum atomic E-state index is -0.505. The van der Waals surface area contributed by atoms with Crippen LogP contribution < -0.4 is 15.1 Å². The fourth-order valence-corrected chi connectivity index (χ4v) is 3.03. The molecular formula is C21H19BrO6. The predicted molar refractivity (Wildman–Crippen MR) is 108 cm³/mol. The third kappa shape index (κ3) is 5.36. The van der Waals surface area contributed by atoms with Crippen LogP contribution >= 0.6 is 15.9 Å². The van der Waals surface area contributed by atoms with Gasteiger partial charge in [-0.25, -0.2) is 4.79 Å². The minimum absolute atomic E-state index is 0.000247. The van der Waals surface area contributed by atoms with Crippen LogP contribution in [0, 0.1) is 0 Å². The van der Waals surface area contributed by atoms with Crippen LogP contribution in [-0.4, -0.2) is 19.7 Å². The maximum Gasteiger partial charge on any atom is 0.336 e. The zero-order chi connectivity index (χ0) is 19.9. The van der Waals surface area contributed by atoms with E-state index in [1.54, 1.807) is 18.2 Å². The maximum atomic E-state index is 12.0. The summed E-state index contributed by atoms with van der Waals surface area (Å²) in [4.78, 5) is 23.7. The molecule has 3 aromatic rings. The van der Waals surface area contributed by atoms with E-state index >= 15 is 0 Å². The van der Waals surface area contributed by atoms with Crippen LogP contribution in [0.2, 0.25) is 0 Å². The summed E-state index contributed by atoms with van der Waals surface area (Å²) in [5, 5.41) is 0.700. The minimum Gasteiger partial charge on any atom is -0.497 e. The molecule has 7 heteroatoms. The molecule has 0 fully saturated rings. The summed E-state index contributed by atoms with van der Waals surface area (Å²) in [6, 6.07) is 14.0. The lowest BCUT2D eigenvalue weighted by Gasteiger charge is -2.09. The smallest absolute Gasteiger partial charge is 0.336 e. The SMILES string of the molecule is COc1ccc2c(COC(=O)CCCOc3cccc(Br)c3)cc(=O)oc2c1. The number of esters is 1. The highest BCUT2D eigenvalue weighted by molar-refractivity contribution is 9.10. The van der Waals surface area contributed by atoms with Gasteiger partial charge >= 0.3 is 11.6 Å². The summed E-state index contributed by atoms with van der Waals surface area (Å²) < 4.78 is 22.1. The highest BCUT2D eigenvalue weighted by Crippen LogP contribution is 2.23. The van der Waals surface area contributed by atoms with Gasteiger partial charge in [0, 0.05) is 34.0 Å². The maximum absolute atomic E-state index is 12.0. The van der Waals surface area contributed by atoms with Crippen molar-refractivity contribution in [2.24, 2.45) is 0 Å². The Kier molecular flexibility index (Phi) is 6.71. The third-order valence-electron chi connectivity index (χ3n) is 4.02. The number of ether oxygens (including phenoxy) is 3. The van der Waals surface area contributed by atoms with Gasteiger partial charge < -0.3 is 18.6 Å². The van der Waals surface area contributed by atoms with E-state index in [-0.39, 0.29) is 19.0 Å². The Morgan fingerprint density at radius 1 is 1.11 bits per heavy atom. The second kappa shape index (κ2) is 9.41. The number of halogens is 1. The van der Waals surface area contributed by atoms with E-state index in [0.29, 0.717) is 35.3 Å². The first-order chi connectivity index (χ1) is 13.5. The van der Waals surface area contributed by atoms with Gasteiger partial charge in [-0.3, -0.25) is 4.79 Å². The zero-order valence-corrected chi connectivity index (χ0v) is 16.9. The van der Waals surface area contributed by atoms with E-state index in [0.717, 1.165) is 10.2 Å². The average molecular weight is 447 g/mol. The molecule has 0 radical (unpaired) electrons. The van der Waals surface area contributed by atoms with Crippen molar-refractivity contribution >= 4 is 32.9 Å². The number of hydrogen-bond acceptors (Lipinski definition) is 6. The number of fused-ring (bicyclic) bond motifs is 1. The molecule has 2 aromatic carbocycles. The molecule has 0 spiro atoms. The monoisotopic (exact) mass is 446 g/mol. The van der Waals surface area contributed by atoms with E-state index in [4.69, 9.17) is 18.6 Å². The Morgan fingerprint density at radius 2 is 1.96 bits per heavy atom. The molecular weight excluding hydrogens is 428 g/mol. The van der Waals surface area contributed by atoms with Crippen molar-refractivity contribution in [3.63, 3.8) is 0 Å². The van der Waals surface area contributed by atoms with Gasteiger partial charge in [-0.05, 0) is 36.8 Å². The third-order valence-corrected chi connectivity index (χ3v) is 4.51. The Hall–Kier alpha value is -2.80. The topological polar surface area (TPSA) is 75.0 Å². The molecule has 1 heterocycles. The molecule has 146 valence electrons. The highest BCUT2D eigenvalue weighted by atomic mass is 79.9. The predicted octanol–water partition coefficient (Wildman–Crippen LogP) is 4.47. The van der Waals surface area contributed by atoms with Gasteiger partial charge in [0.1, 0.15) is 23.7 Å². The molecule has 0 saturated heterocycles. The summed E-state index contributed by atoms with van der Waals surface area (Å²) in [5.74, 6) is 0.962. The molecule has 0 bridgehead atoms. The van der Waals surface area contributed by atoms with Crippen molar-refractivity contribution in [2.45, 2.75) is 19.4 Å². The summed E-state index contributed by atoms with van der Waals surface area (Å²) >= 11 is 3.38. The summed E-state index contributed by atoms with van der Waals surface area (Å²) in [7, 11) is 1.53. The molecule has 0 aliphatic carbocycles. The van der Waals surface area contributed by atoms with Crippen LogP contribution in [0.3, 0.4) is 0 Å². The molecule has 1 aromatic heterocycles. The van der Waals surface area contributed by atoms with Crippen LogP contribution in [0.15, 0.2) is 62.2 Å². The second-order valence-corrected chi connectivity index (χ2v) is 6.94. The molecule has 3 rings (SSSR count). The first kappa shape index (κ1) is 19.9. The van der Waals surface area contributed by atoms with Gasteiger partial charge in [-0.1, -0.05) is 22.0 Å². The lowest BCUT2D eigenvalue weighted by molar-refractivity contribution is -0.145. The van der Waals surface area contributed by atoms with E-state index < -0.39 is 5.63 Å². The quantitative estimate of drug-likeness (QED) is 0.288. The van der Waals surface area contributed by atoms with E-state index in [2.05, 4.69) is 15.9 Å². The molecule has 0 N–H and O–H groups in total. The summed E-state index contributed by atoms with van der Waals surface area (Å²) in [6.45, 7) is 0.406. The van der Waals surface area contributed by atoms with Gasteiger partial charge in [0.05, 0.1) is 13.7 Å². The molecule has 0 unspecified atom stereocenters. The van der Waals surface area contributed by atoms with Crippen molar-refractivity contribution in [1.82, 2.24) is 0 Å². The van der Waals surface area contributed by atoms with E-state index in [1.807, 2.05) is 24.3 Å². The van der Waals surface area contributed by atoms with E-state index in [1.165, 1.54) is 13.2 Å². The van der Waals surface area contributed by atoms with Gasteiger partial charge in [-0.15, -0.1) is 0 Å². The second-order valence-electron chi connectivity index (χ2n) is 6.02. The van der Waals surface area contributed by atoms with Crippen LogP contribution in [0.25, 0.3) is 11.0 Å². The van der Waals surface area contributed by atoms with Gasteiger partial charge in [0.2, 0.25) is 0 Å². The molecule has 0 amide bonds. The number of benzene rings is 2. The molecule has 0 atom stereocenters. The largest absolute Gasteiger partial charge is 0.497 e. The fraction of sp³-hybridized carbons (Fsp3) is 0.238. The van der Waals surface area contributed by atoms with Crippen LogP contribution in [0.5, 0.6) is 11.5 Å². The number of hydrogen-bond donors (Lipinski definition) is 0. The van der Waals surface area contributed by atoms with Crippen LogP contribution in [0.4, 0.5) is 0 Å². The van der Waals surface area contributed by atoms with Gasteiger partial charge in [-0.2, -0.15) is 0 Å². The normalized spacial score (nSPS) is 10.6. The molecule has 0 aliphatic rings. The fourth-order valence-electron chi connectivity index (χ4n) is 2.65. The van der Waals surface area contributed by atoms with Crippen molar-refractivity contribution in [2.75, 3.05) is 13.7 Å². The first-order valence-corrected chi connectivity index (χ1v) is 9.49. The number of rotatable bonds is 8. The Balaban J connectivity index is 1.52. The summed E-state index contributed by atoms with van der Waals surface area (Å²) in [6.07, 6.45) is 0.751. The average Bonchev–Trinajstić information content (AvgIpc) is 2.68. The Labute approximate surface area is 170 Å². The van der Waals surface area contributed by atoms with Crippen molar-refractivity contribution in [3.05, 3.63) is 69.0 Å². The van der Waals surface area contributed by atoms with Crippen LogP contribution in [0.1, 0.15) is 18.4 Å². The Morgan fingerprint density at radius 3 is 2.75 bits per heavy atom. The van der Waals surface area contributed by atoms with Gasteiger partial charge in [0.25, 0.3) is 0 Å². The number of carbonyl (C=O) groups is 1. The molecule has 28 heavy (non-hydrogen) atoms. The molecule has 0 saturated carbocycles. The van der Waals surface area contributed by atoms with Crippen molar-refractivity contribution in [1.29, 1.82) is 0 Å². The number of methoxy groups -OCH3 is 1. The lowest BCUT2D eigenvalue weighted by atomic mass is 10.1. The van der Waals surface area contributed by atoms with E-state index in [9.17, 15) is 9.59 Å². The van der Waals surface area contributed by atoms with Gasteiger partial charge in [0.15, 0.2) is 0 Å². The summed E-state index contributed by atoms with van der Waals surface area (Å²) in [5.41, 5.74) is 0.474. The number of carbonyl (C=O) groups excluding carboxylic acids is 1. The standard InChI is InChI=1S/C21H19BrO6/c1-25-16-7-8-18-14(10-21(24)28-19(18)12-16)13-27-20(23)6-3-9-26-17-5-2-4-15(22)11-17/h2,4-5,7-8,10-12H,3,6,9,13H2,1H3. The Bertz CT molecular complexity index is 1030. The van der Waals surface area contributed by atoms with Crippen LogP contribution in [-0.2, 0) is 16.1 Å².